The van der Waals surface area contributed by atoms with Crippen molar-refractivity contribution in [2.45, 2.75) is 51.5 Å². The molecule has 3 N–H and O–H groups in total. The molecule has 5 heteroatoms. The molecule has 0 spiro atoms. The van der Waals surface area contributed by atoms with Crippen LogP contribution in [0, 0.1) is 0 Å². The number of hydrogen-bond acceptors (Lipinski definition) is 3. The number of nitrogens with one attached hydrogen (secondary N) is 1. The smallest absolute Gasteiger partial charge is 0.413 e. The number of alkyl carbamates (subject to hydrolysis) is 1. The van der Waals surface area contributed by atoms with Crippen LogP contribution in [0.5, 0.6) is 0 Å². The maximum atomic E-state index is 11.2. The second-order valence-electron chi connectivity index (χ2n) is 4.07. The molecule has 0 aromatic carbocycles. The van der Waals surface area contributed by atoms with Crippen molar-refractivity contribution in [1.82, 2.24) is 5.32 Å². The van der Waals surface area contributed by atoms with Gasteiger partial charge in [-0.3, -0.25) is 5.32 Å². The Bertz CT molecular complexity index is 248. The average molecular weight is 227 g/mol. The van der Waals surface area contributed by atoms with Gasteiger partial charge in [-0.1, -0.05) is 26.2 Å². The standard InChI is InChI=1S/C11H21N3O2/c1-2-8-16-11(15)14-10(12)13-9-6-4-3-5-7-9/h9H,2-8H2,1H3,(H3,12,13,14,15). The van der Waals surface area contributed by atoms with Gasteiger partial charge in [0.15, 0.2) is 5.96 Å². The molecule has 1 saturated carbocycles. The summed E-state index contributed by atoms with van der Waals surface area (Å²) in [6, 6.07) is 0.264. The number of rotatable bonds is 3. The highest BCUT2D eigenvalue weighted by Gasteiger charge is 2.13. The molecule has 5 nitrogen and oxygen atoms in total. The lowest BCUT2D eigenvalue weighted by atomic mass is 9.96. The van der Waals surface area contributed by atoms with E-state index in [0.29, 0.717) is 6.61 Å². The Morgan fingerprint density at radius 2 is 2.12 bits per heavy atom. The lowest BCUT2D eigenvalue weighted by Gasteiger charge is -2.18. The highest BCUT2D eigenvalue weighted by molar-refractivity contribution is 5.92. The summed E-state index contributed by atoms with van der Waals surface area (Å²) in [5.41, 5.74) is 5.62. The van der Waals surface area contributed by atoms with E-state index < -0.39 is 6.09 Å². The molecule has 92 valence electrons. The van der Waals surface area contributed by atoms with Gasteiger partial charge in [0.2, 0.25) is 0 Å². The van der Waals surface area contributed by atoms with E-state index in [2.05, 4.69) is 10.3 Å². The van der Waals surface area contributed by atoms with Crippen LogP contribution in [0.3, 0.4) is 0 Å². The SMILES string of the molecule is CCCOC(=O)NC(N)=NC1CCCCC1. The van der Waals surface area contributed by atoms with Crippen LogP contribution >= 0.6 is 0 Å². The molecule has 1 fully saturated rings. The Hall–Kier alpha value is -1.26. The van der Waals surface area contributed by atoms with E-state index in [1.165, 1.54) is 19.3 Å². The first kappa shape index (κ1) is 12.8. The highest BCUT2D eigenvalue weighted by Crippen LogP contribution is 2.19. The summed E-state index contributed by atoms with van der Waals surface area (Å²) < 4.78 is 4.84. The highest BCUT2D eigenvalue weighted by atomic mass is 16.5. The largest absolute Gasteiger partial charge is 0.449 e. The lowest BCUT2D eigenvalue weighted by molar-refractivity contribution is 0.151. The minimum Gasteiger partial charge on any atom is -0.449 e. The van der Waals surface area contributed by atoms with Crippen LogP contribution in [-0.4, -0.2) is 24.7 Å². The molecule has 0 radical (unpaired) electrons. The average Bonchev–Trinajstić information content (AvgIpc) is 2.27. The van der Waals surface area contributed by atoms with Crippen LogP contribution in [0.2, 0.25) is 0 Å². The molecule has 1 aliphatic carbocycles. The zero-order valence-corrected chi connectivity index (χ0v) is 9.87. The molecule has 0 aliphatic heterocycles. The third-order valence-corrected chi connectivity index (χ3v) is 2.56. The van der Waals surface area contributed by atoms with Crippen LogP contribution < -0.4 is 11.1 Å². The molecular formula is C11H21N3O2. The molecule has 1 amide bonds. The molecule has 0 saturated heterocycles. The summed E-state index contributed by atoms with van der Waals surface area (Å²) in [6.45, 7) is 2.34. The van der Waals surface area contributed by atoms with Crippen molar-refractivity contribution in [1.29, 1.82) is 0 Å². The molecule has 0 atom stereocenters. The molecule has 0 heterocycles. The minimum absolute atomic E-state index is 0.174. The normalized spacial score (nSPS) is 18.2. The van der Waals surface area contributed by atoms with Crippen molar-refractivity contribution in [3.63, 3.8) is 0 Å². The van der Waals surface area contributed by atoms with Gasteiger partial charge >= 0.3 is 6.09 Å². The number of nitrogens with zero attached hydrogens (tertiary/aromatic N) is 1. The fourth-order valence-corrected chi connectivity index (χ4v) is 1.77. The predicted molar refractivity (Wildman–Crippen MR) is 63.3 cm³/mol. The number of carbonyl (C=O) groups is 1. The molecule has 1 aliphatic rings. The van der Waals surface area contributed by atoms with Crippen LogP contribution in [0.15, 0.2) is 4.99 Å². The number of guanidine groups is 1. The van der Waals surface area contributed by atoms with Crippen molar-refractivity contribution in [2.75, 3.05) is 6.61 Å². The van der Waals surface area contributed by atoms with Crippen LogP contribution in [0.25, 0.3) is 0 Å². The molecule has 0 unspecified atom stereocenters. The molecule has 0 aromatic rings. The summed E-state index contributed by atoms with van der Waals surface area (Å²) in [7, 11) is 0. The van der Waals surface area contributed by atoms with Crippen molar-refractivity contribution in [3.8, 4) is 0 Å². The molecular weight excluding hydrogens is 206 g/mol. The quantitative estimate of drug-likeness (QED) is 0.570. The number of ether oxygens (including phenoxy) is 1. The zero-order chi connectivity index (χ0) is 11.8. The lowest BCUT2D eigenvalue weighted by Crippen LogP contribution is -2.38. The van der Waals surface area contributed by atoms with Gasteiger partial charge in [0.1, 0.15) is 0 Å². The maximum Gasteiger partial charge on any atom is 0.413 e. The summed E-state index contributed by atoms with van der Waals surface area (Å²) in [6.07, 6.45) is 6.08. The molecule has 0 bridgehead atoms. The zero-order valence-electron chi connectivity index (χ0n) is 9.87. The van der Waals surface area contributed by atoms with E-state index >= 15 is 0 Å². The number of amides is 1. The predicted octanol–water partition coefficient (Wildman–Crippen LogP) is 1.77. The Morgan fingerprint density at radius 3 is 2.75 bits per heavy atom. The number of aliphatic imine (C=N–C) groups is 1. The Kier molecular flexibility index (Phi) is 5.67. The van der Waals surface area contributed by atoms with E-state index in [9.17, 15) is 4.79 Å². The molecule has 1 rings (SSSR count). The van der Waals surface area contributed by atoms with E-state index in [1.807, 2.05) is 6.92 Å². The minimum atomic E-state index is -0.515. The summed E-state index contributed by atoms with van der Waals surface area (Å²) in [5.74, 6) is 0.174. The fourth-order valence-electron chi connectivity index (χ4n) is 1.77. The molecule has 0 aromatic heterocycles. The fraction of sp³-hybridized carbons (Fsp3) is 0.818. The van der Waals surface area contributed by atoms with E-state index in [4.69, 9.17) is 10.5 Å². The van der Waals surface area contributed by atoms with Crippen molar-refractivity contribution in [2.24, 2.45) is 10.7 Å². The third kappa shape index (κ3) is 5.00. The topological polar surface area (TPSA) is 76.7 Å². The van der Waals surface area contributed by atoms with Gasteiger partial charge in [0.05, 0.1) is 12.6 Å². The van der Waals surface area contributed by atoms with Gasteiger partial charge in [-0.2, -0.15) is 0 Å². The van der Waals surface area contributed by atoms with Crippen LogP contribution in [-0.2, 0) is 4.74 Å². The van der Waals surface area contributed by atoms with Gasteiger partial charge in [-0.15, -0.1) is 0 Å². The van der Waals surface area contributed by atoms with Gasteiger partial charge in [-0.25, -0.2) is 9.79 Å². The van der Waals surface area contributed by atoms with Crippen molar-refractivity contribution >= 4 is 12.1 Å². The Balaban J connectivity index is 2.29. The van der Waals surface area contributed by atoms with Gasteiger partial charge in [0.25, 0.3) is 0 Å². The summed E-state index contributed by atoms with van der Waals surface area (Å²) >= 11 is 0. The van der Waals surface area contributed by atoms with E-state index in [0.717, 1.165) is 19.3 Å². The Morgan fingerprint density at radius 1 is 1.44 bits per heavy atom. The first-order chi connectivity index (χ1) is 7.72. The van der Waals surface area contributed by atoms with Crippen molar-refractivity contribution < 1.29 is 9.53 Å². The van der Waals surface area contributed by atoms with Crippen molar-refractivity contribution in [3.05, 3.63) is 0 Å². The number of hydrogen-bond donors (Lipinski definition) is 2. The first-order valence-corrected chi connectivity index (χ1v) is 5.99. The second-order valence-corrected chi connectivity index (χ2v) is 4.07. The number of nitrogens with two attached hydrogens (primary N) is 1. The summed E-state index contributed by atoms with van der Waals surface area (Å²) in [5, 5.41) is 2.43. The van der Waals surface area contributed by atoms with Crippen LogP contribution in [0.4, 0.5) is 4.79 Å². The monoisotopic (exact) mass is 227 g/mol. The third-order valence-electron chi connectivity index (χ3n) is 2.56. The molecule has 16 heavy (non-hydrogen) atoms. The Labute approximate surface area is 96.4 Å². The van der Waals surface area contributed by atoms with Crippen LogP contribution in [0.1, 0.15) is 45.4 Å². The van der Waals surface area contributed by atoms with E-state index in [-0.39, 0.29) is 12.0 Å². The maximum absolute atomic E-state index is 11.2. The second kappa shape index (κ2) is 7.09. The number of carbonyl (C=O) groups excluding carboxylic acids is 1. The van der Waals surface area contributed by atoms with E-state index in [1.54, 1.807) is 0 Å². The summed E-state index contributed by atoms with van der Waals surface area (Å²) in [4.78, 5) is 15.4. The van der Waals surface area contributed by atoms with Gasteiger partial charge in [0, 0.05) is 0 Å². The first-order valence-electron chi connectivity index (χ1n) is 5.99. The van der Waals surface area contributed by atoms with Gasteiger partial charge < -0.3 is 10.5 Å². The van der Waals surface area contributed by atoms with Gasteiger partial charge in [-0.05, 0) is 19.3 Å².